The summed E-state index contributed by atoms with van der Waals surface area (Å²) in [7, 11) is 0. The van der Waals surface area contributed by atoms with E-state index in [4.69, 9.17) is 0 Å². The number of hydrogen-bond acceptors (Lipinski definition) is 4. The molecular formula is C25H25F2N3OS. The number of fused-ring (bicyclic) bond motifs is 1. The number of nitrogens with zero attached hydrogens (tertiary/aromatic N) is 2. The van der Waals surface area contributed by atoms with Crippen LogP contribution >= 0.6 is 11.8 Å². The topological polar surface area (TPSA) is 44.7 Å². The average Bonchev–Trinajstić information content (AvgIpc) is 3.06. The molecule has 2 aromatic rings. The minimum atomic E-state index is -0.375. The molecule has 2 aliphatic heterocycles. The van der Waals surface area contributed by atoms with Crippen LogP contribution in [0.5, 0.6) is 0 Å². The quantitative estimate of drug-likeness (QED) is 0.555. The summed E-state index contributed by atoms with van der Waals surface area (Å²) in [5, 5.41) is 3.06. The van der Waals surface area contributed by atoms with Crippen LogP contribution in [-0.4, -0.2) is 23.2 Å². The van der Waals surface area contributed by atoms with Gasteiger partial charge >= 0.3 is 0 Å². The number of anilines is 1. The van der Waals surface area contributed by atoms with E-state index in [0.717, 1.165) is 41.6 Å². The van der Waals surface area contributed by atoms with Gasteiger partial charge in [0.05, 0.1) is 16.1 Å². The predicted molar refractivity (Wildman–Crippen MR) is 129 cm³/mol. The van der Waals surface area contributed by atoms with E-state index in [-0.39, 0.29) is 23.1 Å². The fourth-order valence-electron chi connectivity index (χ4n) is 4.11. The lowest BCUT2D eigenvalue weighted by Gasteiger charge is -2.43. The Kier molecular flexibility index (Phi) is 5.95. The molecule has 1 amide bonds. The number of halogens is 2. The van der Waals surface area contributed by atoms with Gasteiger partial charge in [0.2, 0.25) is 0 Å². The highest BCUT2D eigenvalue weighted by molar-refractivity contribution is 8.18. The minimum Gasteiger partial charge on any atom is -0.362 e. The third-order valence-corrected chi connectivity index (χ3v) is 6.45. The van der Waals surface area contributed by atoms with E-state index in [1.165, 1.54) is 24.3 Å². The molecule has 4 rings (SSSR count). The molecule has 0 aromatic heterocycles. The number of rotatable bonds is 4. The standard InChI is InChI=1S/C25H25F2N3OS/c1-5-10-30-21-13-20(27)16(11-19(21)15(2)14-25(30,3)4)12-22-23(31)29-24(32-22)28-18-8-6-17(26)7-9-18/h6-9,11-14H,5,10H2,1-4H3,(H,28,29,31)/b22-12+. The van der Waals surface area contributed by atoms with Crippen molar-refractivity contribution in [2.45, 2.75) is 39.7 Å². The second-order valence-corrected chi connectivity index (χ2v) is 9.51. The molecule has 32 heavy (non-hydrogen) atoms. The molecule has 2 aliphatic rings. The summed E-state index contributed by atoms with van der Waals surface area (Å²) in [6.45, 7) is 9.22. The number of hydrogen-bond donors (Lipinski definition) is 1. The average molecular weight is 454 g/mol. The molecule has 1 fully saturated rings. The summed E-state index contributed by atoms with van der Waals surface area (Å²) < 4.78 is 28.2. The molecule has 0 saturated carbocycles. The van der Waals surface area contributed by atoms with Gasteiger partial charge < -0.3 is 10.2 Å². The SMILES string of the molecule is CCCN1c2cc(F)c(/C=C3/SC(=Nc4ccc(F)cc4)NC3=O)cc2C(C)=CC1(C)C. The first kappa shape index (κ1) is 22.3. The maximum atomic E-state index is 15.1. The van der Waals surface area contributed by atoms with E-state index in [2.05, 4.69) is 42.1 Å². The van der Waals surface area contributed by atoms with Gasteiger partial charge in [0.1, 0.15) is 11.6 Å². The van der Waals surface area contributed by atoms with Gasteiger partial charge in [-0.1, -0.05) is 13.0 Å². The maximum absolute atomic E-state index is 15.1. The van der Waals surface area contributed by atoms with Gasteiger partial charge in [-0.25, -0.2) is 13.8 Å². The predicted octanol–water partition coefficient (Wildman–Crippen LogP) is 6.27. The van der Waals surface area contributed by atoms with Crippen LogP contribution < -0.4 is 10.2 Å². The smallest absolute Gasteiger partial charge is 0.264 e. The number of carbonyl (C=O) groups is 1. The summed E-state index contributed by atoms with van der Waals surface area (Å²) in [5.74, 6) is -1.07. The fourth-order valence-corrected chi connectivity index (χ4v) is 4.94. The molecule has 0 radical (unpaired) electrons. The van der Waals surface area contributed by atoms with Gasteiger partial charge in [0, 0.05) is 23.4 Å². The highest BCUT2D eigenvalue weighted by Crippen LogP contribution is 2.41. The monoisotopic (exact) mass is 453 g/mol. The van der Waals surface area contributed by atoms with Crippen molar-refractivity contribution in [2.24, 2.45) is 4.99 Å². The van der Waals surface area contributed by atoms with Crippen LogP contribution in [0.1, 0.15) is 45.2 Å². The van der Waals surface area contributed by atoms with Crippen molar-refractivity contribution < 1.29 is 13.6 Å². The van der Waals surface area contributed by atoms with Gasteiger partial charge in [0.15, 0.2) is 5.17 Å². The number of allylic oxidation sites excluding steroid dienone is 1. The highest BCUT2D eigenvalue weighted by atomic mass is 32.2. The zero-order valence-corrected chi connectivity index (χ0v) is 19.3. The minimum absolute atomic E-state index is 0.202. The van der Waals surface area contributed by atoms with Crippen molar-refractivity contribution in [3.63, 3.8) is 0 Å². The molecule has 2 heterocycles. The number of aliphatic imine (C=N–C) groups is 1. The molecule has 4 nitrogen and oxygen atoms in total. The summed E-state index contributed by atoms with van der Waals surface area (Å²) in [6, 6.07) is 9.04. The molecule has 7 heteroatoms. The van der Waals surface area contributed by atoms with Gasteiger partial charge in [-0.2, -0.15) is 0 Å². The Hall–Kier alpha value is -2.93. The molecule has 1 saturated heterocycles. The van der Waals surface area contributed by atoms with E-state index in [0.29, 0.717) is 21.3 Å². The third-order valence-electron chi connectivity index (χ3n) is 5.54. The molecule has 0 aliphatic carbocycles. The number of thioether (sulfide) groups is 1. The van der Waals surface area contributed by atoms with Gasteiger partial charge in [-0.05, 0) is 87.0 Å². The molecule has 0 spiro atoms. The van der Waals surface area contributed by atoms with Crippen molar-refractivity contribution in [3.8, 4) is 0 Å². The third kappa shape index (κ3) is 4.35. The first-order chi connectivity index (χ1) is 15.2. The number of carbonyl (C=O) groups excluding carboxylic acids is 1. The van der Waals surface area contributed by atoms with E-state index in [1.807, 2.05) is 13.0 Å². The Balaban J connectivity index is 1.67. The summed E-state index contributed by atoms with van der Waals surface area (Å²) in [5.41, 5.74) is 3.60. The van der Waals surface area contributed by atoms with Crippen LogP contribution in [0.4, 0.5) is 20.2 Å². The summed E-state index contributed by atoms with van der Waals surface area (Å²) >= 11 is 1.13. The van der Waals surface area contributed by atoms with Crippen LogP contribution in [0.25, 0.3) is 11.6 Å². The van der Waals surface area contributed by atoms with E-state index in [9.17, 15) is 9.18 Å². The van der Waals surface area contributed by atoms with Crippen LogP contribution in [0.15, 0.2) is 52.4 Å². The Morgan fingerprint density at radius 2 is 1.91 bits per heavy atom. The number of benzene rings is 2. The number of amidine groups is 1. The van der Waals surface area contributed by atoms with E-state index < -0.39 is 0 Å². The van der Waals surface area contributed by atoms with Gasteiger partial charge in [-0.15, -0.1) is 0 Å². The maximum Gasteiger partial charge on any atom is 0.264 e. The van der Waals surface area contributed by atoms with E-state index >= 15 is 4.39 Å². The van der Waals surface area contributed by atoms with Crippen molar-refractivity contribution in [2.75, 3.05) is 11.4 Å². The zero-order chi connectivity index (χ0) is 23.0. The molecular weight excluding hydrogens is 428 g/mol. The second kappa shape index (κ2) is 8.54. The van der Waals surface area contributed by atoms with Crippen LogP contribution in [0, 0.1) is 11.6 Å². The first-order valence-electron chi connectivity index (χ1n) is 10.5. The second-order valence-electron chi connectivity index (χ2n) is 8.48. The molecule has 0 unspecified atom stereocenters. The molecule has 166 valence electrons. The molecule has 1 N–H and O–H groups in total. The normalized spacial score (nSPS) is 19.9. The lowest BCUT2D eigenvalue weighted by molar-refractivity contribution is -0.115. The first-order valence-corrected chi connectivity index (χ1v) is 11.4. The van der Waals surface area contributed by atoms with Crippen molar-refractivity contribution in [1.82, 2.24) is 5.32 Å². The van der Waals surface area contributed by atoms with Crippen LogP contribution in [0.2, 0.25) is 0 Å². The summed E-state index contributed by atoms with van der Waals surface area (Å²) in [6.07, 6.45) is 4.71. The Morgan fingerprint density at radius 3 is 2.59 bits per heavy atom. The number of nitrogens with one attached hydrogen (secondary N) is 1. The van der Waals surface area contributed by atoms with Crippen LogP contribution in [0.3, 0.4) is 0 Å². The van der Waals surface area contributed by atoms with Crippen molar-refractivity contribution in [3.05, 3.63) is 70.1 Å². The lowest BCUT2D eigenvalue weighted by Crippen LogP contribution is -2.45. The van der Waals surface area contributed by atoms with E-state index in [1.54, 1.807) is 12.1 Å². The van der Waals surface area contributed by atoms with Crippen molar-refractivity contribution in [1.29, 1.82) is 0 Å². The highest BCUT2D eigenvalue weighted by Gasteiger charge is 2.32. The molecule has 0 atom stereocenters. The molecule has 2 aromatic carbocycles. The zero-order valence-electron chi connectivity index (χ0n) is 18.5. The Bertz CT molecular complexity index is 1170. The van der Waals surface area contributed by atoms with Gasteiger partial charge in [-0.3, -0.25) is 4.79 Å². The summed E-state index contributed by atoms with van der Waals surface area (Å²) in [4.78, 5) is 19.3. The molecule has 0 bridgehead atoms. The van der Waals surface area contributed by atoms with Crippen molar-refractivity contribution >= 4 is 45.9 Å². The largest absolute Gasteiger partial charge is 0.362 e. The lowest BCUT2D eigenvalue weighted by atomic mass is 9.87. The Labute approximate surface area is 191 Å². The number of amides is 1. The fraction of sp³-hybridized carbons (Fsp3) is 0.280. The van der Waals surface area contributed by atoms with Gasteiger partial charge in [0.25, 0.3) is 5.91 Å². The van der Waals surface area contributed by atoms with Crippen LogP contribution in [-0.2, 0) is 4.79 Å². The Morgan fingerprint density at radius 1 is 1.19 bits per heavy atom.